The van der Waals surface area contributed by atoms with E-state index >= 15 is 0 Å². The molecule has 0 aromatic heterocycles. The molecule has 1 unspecified atom stereocenters. The van der Waals surface area contributed by atoms with E-state index in [-0.39, 0.29) is 70.0 Å². The lowest BCUT2D eigenvalue weighted by atomic mass is 9.91. The second-order valence-corrected chi connectivity index (χ2v) is 8.83. The summed E-state index contributed by atoms with van der Waals surface area (Å²) in [5.74, 6) is -2.30. The molecule has 208 valence electrons. The zero-order valence-corrected chi connectivity index (χ0v) is 21.7. The van der Waals surface area contributed by atoms with E-state index in [1.807, 2.05) is 20.8 Å². The van der Waals surface area contributed by atoms with Gasteiger partial charge in [-0.3, -0.25) is 19.2 Å². The summed E-state index contributed by atoms with van der Waals surface area (Å²) in [6, 6.07) is -1.11. The molecule has 0 aliphatic heterocycles. The van der Waals surface area contributed by atoms with Crippen molar-refractivity contribution in [3.63, 3.8) is 0 Å². The van der Waals surface area contributed by atoms with Crippen molar-refractivity contribution in [1.82, 2.24) is 16.0 Å². The maximum absolute atomic E-state index is 11.7. The van der Waals surface area contributed by atoms with Crippen molar-refractivity contribution in [3.8, 4) is 0 Å². The van der Waals surface area contributed by atoms with Crippen LogP contribution in [0, 0.1) is 5.41 Å². The molecule has 0 heterocycles. The number of rotatable bonds is 21. The van der Waals surface area contributed by atoms with Crippen LogP contribution in [0.3, 0.4) is 0 Å². The van der Waals surface area contributed by atoms with Crippen molar-refractivity contribution in [2.75, 3.05) is 65.9 Å². The largest absolute Gasteiger partial charge is 0.480 e. The van der Waals surface area contributed by atoms with Crippen LogP contribution in [-0.4, -0.2) is 107 Å². The number of ketones is 1. The van der Waals surface area contributed by atoms with E-state index in [1.165, 1.54) is 6.92 Å². The van der Waals surface area contributed by atoms with Crippen LogP contribution in [0.2, 0.25) is 0 Å². The van der Waals surface area contributed by atoms with Crippen LogP contribution in [0.4, 0.5) is 0 Å². The maximum atomic E-state index is 11.7. The van der Waals surface area contributed by atoms with Gasteiger partial charge in [0.15, 0.2) is 5.78 Å². The van der Waals surface area contributed by atoms with E-state index in [2.05, 4.69) is 16.0 Å². The molecule has 0 radical (unpaired) electrons. The first-order valence-corrected chi connectivity index (χ1v) is 11.8. The standard InChI is InChI=1S/C23H41N3O10/c1-17(27)26-18(22(31)32)5-6-20(29)24-7-9-33-12-14-36-16-21(30)25-8-10-34-11-13-35-15-19(28)23(2,3)4/h18H,5-16H2,1-4H3,(H,24,29)(H,25,30)(H,26,27)(H,31,32). The Hall–Kier alpha value is -2.61. The second-order valence-electron chi connectivity index (χ2n) is 8.83. The summed E-state index contributed by atoms with van der Waals surface area (Å²) in [4.78, 5) is 57.0. The van der Waals surface area contributed by atoms with Crippen molar-refractivity contribution in [2.45, 2.75) is 46.6 Å². The number of carbonyl (C=O) groups is 5. The molecular weight excluding hydrogens is 478 g/mol. The lowest BCUT2D eigenvalue weighted by molar-refractivity contribution is -0.142. The normalized spacial score (nSPS) is 12.0. The third kappa shape index (κ3) is 19.7. The Labute approximate surface area is 211 Å². The number of hydrogen-bond donors (Lipinski definition) is 4. The highest BCUT2D eigenvalue weighted by atomic mass is 16.5. The van der Waals surface area contributed by atoms with E-state index in [1.54, 1.807) is 0 Å². The summed E-state index contributed by atoms with van der Waals surface area (Å²) in [6.07, 6.45) is -0.0649. The van der Waals surface area contributed by atoms with Crippen molar-refractivity contribution in [3.05, 3.63) is 0 Å². The van der Waals surface area contributed by atoms with Gasteiger partial charge < -0.3 is 40.0 Å². The van der Waals surface area contributed by atoms with Crippen LogP contribution in [0.25, 0.3) is 0 Å². The first kappa shape index (κ1) is 33.4. The van der Waals surface area contributed by atoms with Gasteiger partial charge in [-0.05, 0) is 6.42 Å². The summed E-state index contributed by atoms with van der Waals surface area (Å²) >= 11 is 0. The smallest absolute Gasteiger partial charge is 0.326 e. The van der Waals surface area contributed by atoms with E-state index in [9.17, 15) is 24.0 Å². The molecule has 0 aliphatic carbocycles. The fourth-order valence-electron chi connectivity index (χ4n) is 2.43. The Morgan fingerprint density at radius 1 is 0.750 bits per heavy atom. The topological polar surface area (TPSA) is 179 Å². The molecule has 0 saturated carbocycles. The molecule has 0 spiro atoms. The zero-order chi connectivity index (χ0) is 27.4. The molecule has 13 nitrogen and oxygen atoms in total. The molecule has 3 amide bonds. The van der Waals surface area contributed by atoms with Crippen LogP contribution in [0.1, 0.15) is 40.5 Å². The van der Waals surface area contributed by atoms with E-state index in [0.717, 1.165) is 0 Å². The number of amides is 3. The molecule has 1 atom stereocenters. The quantitative estimate of drug-likeness (QED) is 0.141. The van der Waals surface area contributed by atoms with Crippen LogP contribution in [-0.2, 0) is 42.9 Å². The fraction of sp³-hybridized carbons (Fsp3) is 0.783. The van der Waals surface area contributed by atoms with Crippen LogP contribution in [0.15, 0.2) is 0 Å². The predicted molar refractivity (Wildman–Crippen MR) is 128 cm³/mol. The fourth-order valence-corrected chi connectivity index (χ4v) is 2.43. The summed E-state index contributed by atoms with van der Waals surface area (Å²) < 4.78 is 21.1. The molecule has 0 rings (SSSR count). The van der Waals surface area contributed by atoms with Crippen molar-refractivity contribution < 1.29 is 48.0 Å². The van der Waals surface area contributed by atoms with Gasteiger partial charge >= 0.3 is 5.97 Å². The average Bonchev–Trinajstić information content (AvgIpc) is 2.78. The van der Waals surface area contributed by atoms with Gasteiger partial charge in [0.2, 0.25) is 17.7 Å². The number of hydrogen-bond acceptors (Lipinski definition) is 9. The minimum atomic E-state index is -1.20. The Kier molecular flexibility index (Phi) is 18.1. The maximum Gasteiger partial charge on any atom is 0.326 e. The van der Waals surface area contributed by atoms with Crippen LogP contribution >= 0.6 is 0 Å². The number of nitrogens with one attached hydrogen (secondary N) is 3. The average molecular weight is 520 g/mol. The van der Waals surface area contributed by atoms with Gasteiger partial charge in [-0.1, -0.05) is 20.8 Å². The molecule has 36 heavy (non-hydrogen) atoms. The Bertz CT molecular complexity index is 694. The molecule has 4 N–H and O–H groups in total. The van der Waals surface area contributed by atoms with E-state index < -0.39 is 23.3 Å². The van der Waals surface area contributed by atoms with Gasteiger partial charge in [-0.2, -0.15) is 0 Å². The third-order valence-corrected chi connectivity index (χ3v) is 4.52. The van der Waals surface area contributed by atoms with Gasteiger partial charge in [0.1, 0.15) is 19.3 Å². The first-order valence-electron chi connectivity index (χ1n) is 11.8. The van der Waals surface area contributed by atoms with Gasteiger partial charge in [-0.25, -0.2) is 4.79 Å². The third-order valence-electron chi connectivity index (χ3n) is 4.52. The number of ether oxygens (including phenoxy) is 4. The highest BCUT2D eigenvalue weighted by Crippen LogP contribution is 2.14. The Morgan fingerprint density at radius 2 is 1.25 bits per heavy atom. The first-order chi connectivity index (χ1) is 16.9. The summed E-state index contributed by atoms with van der Waals surface area (Å²) in [6.45, 7) is 8.75. The lowest BCUT2D eigenvalue weighted by Gasteiger charge is -2.16. The minimum Gasteiger partial charge on any atom is -0.480 e. The molecular formula is C23H41N3O10. The van der Waals surface area contributed by atoms with Crippen molar-refractivity contribution in [1.29, 1.82) is 0 Å². The summed E-state index contributed by atoms with van der Waals surface area (Å²) in [7, 11) is 0. The predicted octanol–water partition coefficient (Wildman–Crippen LogP) is -0.730. The van der Waals surface area contributed by atoms with E-state index in [0.29, 0.717) is 26.4 Å². The number of carbonyl (C=O) groups excluding carboxylic acids is 4. The van der Waals surface area contributed by atoms with Gasteiger partial charge in [0.25, 0.3) is 0 Å². The molecule has 0 aromatic rings. The highest BCUT2D eigenvalue weighted by Gasteiger charge is 2.21. The molecule has 0 aliphatic rings. The second kappa shape index (κ2) is 19.6. The van der Waals surface area contributed by atoms with Gasteiger partial charge in [0, 0.05) is 31.8 Å². The summed E-state index contributed by atoms with van der Waals surface area (Å²) in [5.41, 5.74) is -0.426. The van der Waals surface area contributed by atoms with Crippen molar-refractivity contribution >= 4 is 29.5 Å². The molecule has 0 aromatic carbocycles. The number of carboxylic acid groups (broad SMARTS) is 1. The van der Waals surface area contributed by atoms with Gasteiger partial charge in [-0.15, -0.1) is 0 Å². The highest BCUT2D eigenvalue weighted by molar-refractivity contribution is 5.84. The Balaban J connectivity index is 3.54. The van der Waals surface area contributed by atoms with Crippen molar-refractivity contribution in [2.24, 2.45) is 5.41 Å². The number of aliphatic carboxylic acids is 1. The molecule has 0 bridgehead atoms. The number of carboxylic acids is 1. The van der Waals surface area contributed by atoms with Crippen LogP contribution in [0.5, 0.6) is 0 Å². The lowest BCUT2D eigenvalue weighted by Crippen LogP contribution is -2.40. The molecule has 0 fully saturated rings. The monoisotopic (exact) mass is 519 g/mol. The Morgan fingerprint density at radius 3 is 1.75 bits per heavy atom. The minimum absolute atomic E-state index is 0.0160. The van der Waals surface area contributed by atoms with Gasteiger partial charge in [0.05, 0.1) is 39.6 Å². The zero-order valence-electron chi connectivity index (χ0n) is 21.7. The van der Waals surface area contributed by atoms with Crippen LogP contribution < -0.4 is 16.0 Å². The molecule has 13 heteroatoms. The summed E-state index contributed by atoms with van der Waals surface area (Å²) in [5, 5.41) is 16.5. The number of Topliss-reactive ketones (excluding diaryl/α,β-unsaturated/α-hetero) is 1. The van der Waals surface area contributed by atoms with E-state index in [4.69, 9.17) is 24.1 Å². The molecule has 0 saturated heterocycles. The SMILES string of the molecule is CC(=O)NC(CCC(=O)NCCOCCOCC(=O)NCCOCCOCC(=O)C(C)(C)C)C(=O)O.